The fourth-order valence-corrected chi connectivity index (χ4v) is 2.47. The van der Waals surface area contributed by atoms with E-state index in [9.17, 15) is 18.3 Å². The van der Waals surface area contributed by atoms with Crippen molar-refractivity contribution >= 4 is 17.0 Å². The van der Waals surface area contributed by atoms with Gasteiger partial charge in [-0.05, 0) is 29.6 Å². The molecule has 2 N–H and O–H groups in total. The molecule has 7 heteroatoms. The molecule has 1 aromatic heterocycles. The van der Waals surface area contributed by atoms with Crippen LogP contribution in [0.5, 0.6) is 0 Å². The number of nitriles is 1. The van der Waals surface area contributed by atoms with E-state index in [1.807, 2.05) is 5.38 Å². The number of aliphatic hydroxyl groups excluding tert-OH is 1. The minimum atomic E-state index is -4.49. The zero-order valence-electron chi connectivity index (χ0n) is 10.7. The van der Waals surface area contributed by atoms with E-state index >= 15 is 0 Å². The Morgan fingerprint density at radius 3 is 2.67 bits per heavy atom. The minimum Gasteiger partial charge on any atom is -0.386 e. The molecule has 0 amide bonds. The number of aliphatic hydroxyl groups is 1. The Balaban J connectivity index is 2.12. The van der Waals surface area contributed by atoms with Gasteiger partial charge in [0.15, 0.2) is 0 Å². The monoisotopic (exact) mass is 312 g/mol. The highest BCUT2D eigenvalue weighted by Crippen LogP contribution is 2.31. The van der Waals surface area contributed by atoms with Crippen molar-refractivity contribution < 1.29 is 18.3 Å². The summed E-state index contributed by atoms with van der Waals surface area (Å²) in [6.45, 7) is 0.112. The van der Waals surface area contributed by atoms with Gasteiger partial charge in [0, 0.05) is 11.4 Å². The summed E-state index contributed by atoms with van der Waals surface area (Å²) in [7, 11) is 0. The van der Waals surface area contributed by atoms with Crippen molar-refractivity contribution in [1.29, 1.82) is 5.26 Å². The lowest BCUT2D eigenvalue weighted by molar-refractivity contribution is -0.137. The Morgan fingerprint density at radius 1 is 1.33 bits per heavy atom. The van der Waals surface area contributed by atoms with E-state index in [1.54, 1.807) is 18.2 Å². The standard InChI is InChI=1S/C14H11F3N2OS/c15-14(16,17)10-3-4-11(9(6-10)7-18)19-8-12(20)13-2-1-5-21-13/h1-6,12,19-20H,8H2. The van der Waals surface area contributed by atoms with Crippen LogP contribution < -0.4 is 5.32 Å². The van der Waals surface area contributed by atoms with Crippen LogP contribution in [-0.4, -0.2) is 11.7 Å². The number of benzene rings is 1. The molecular formula is C14H11F3N2OS. The van der Waals surface area contributed by atoms with E-state index in [2.05, 4.69) is 5.32 Å². The highest BCUT2D eigenvalue weighted by molar-refractivity contribution is 7.10. The summed E-state index contributed by atoms with van der Waals surface area (Å²) >= 11 is 1.38. The molecule has 0 aliphatic heterocycles. The van der Waals surface area contributed by atoms with Crippen LogP contribution in [0.3, 0.4) is 0 Å². The predicted molar refractivity (Wildman–Crippen MR) is 73.9 cm³/mol. The first-order valence-electron chi connectivity index (χ1n) is 5.98. The third-order valence-electron chi connectivity index (χ3n) is 2.82. The van der Waals surface area contributed by atoms with Gasteiger partial charge in [-0.1, -0.05) is 6.07 Å². The molecule has 0 aliphatic rings. The van der Waals surface area contributed by atoms with E-state index in [-0.39, 0.29) is 17.8 Å². The third kappa shape index (κ3) is 3.74. The number of anilines is 1. The molecule has 0 bridgehead atoms. The third-order valence-corrected chi connectivity index (χ3v) is 3.80. The van der Waals surface area contributed by atoms with Gasteiger partial charge >= 0.3 is 6.18 Å². The van der Waals surface area contributed by atoms with E-state index in [0.717, 1.165) is 17.0 Å². The molecule has 3 nitrogen and oxygen atoms in total. The lowest BCUT2D eigenvalue weighted by Gasteiger charge is -2.14. The van der Waals surface area contributed by atoms with Crippen molar-refractivity contribution in [3.63, 3.8) is 0 Å². The zero-order valence-corrected chi connectivity index (χ0v) is 11.5. The topological polar surface area (TPSA) is 56.0 Å². The molecule has 0 fully saturated rings. The average molecular weight is 312 g/mol. The largest absolute Gasteiger partial charge is 0.416 e. The SMILES string of the molecule is N#Cc1cc(C(F)(F)F)ccc1NCC(O)c1cccs1. The molecule has 1 heterocycles. The van der Waals surface area contributed by atoms with Crippen LogP contribution >= 0.6 is 11.3 Å². The van der Waals surface area contributed by atoms with Gasteiger partial charge in [-0.3, -0.25) is 0 Å². The number of alkyl halides is 3. The van der Waals surface area contributed by atoms with Crippen LogP contribution in [0.15, 0.2) is 35.7 Å². The molecule has 1 aromatic carbocycles. The summed E-state index contributed by atoms with van der Waals surface area (Å²) in [6.07, 6.45) is -5.26. The van der Waals surface area contributed by atoms with Gasteiger partial charge < -0.3 is 10.4 Å². The second-order valence-corrected chi connectivity index (χ2v) is 5.26. The number of nitrogens with one attached hydrogen (secondary N) is 1. The molecule has 0 aliphatic carbocycles. The molecule has 110 valence electrons. The molecule has 21 heavy (non-hydrogen) atoms. The lowest BCUT2D eigenvalue weighted by Crippen LogP contribution is -2.13. The van der Waals surface area contributed by atoms with Crippen LogP contribution in [0.2, 0.25) is 0 Å². The van der Waals surface area contributed by atoms with Crippen molar-refractivity contribution in [2.45, 2.75) is 12.3 Å². The number of rotatable bonds is 4. The van der Waals surface area contributed by atoms with Gasteiger partial charge in [0.05, 0.1) is 16.8 Å². The molecule has 2 rings (SSSR count). The maximum absolute atomic E-state index is 12.6. The van der Waals surface area contributed by atoms with Crippen molar-refractivity contribution in [2.24, 2.45) is 0 Å². The molecule has 0 saturated carbocycles. The van der Waals surface area contributed by atoms with Crippen LogP contribution in [0.1, 0.15) is 22.1 Å². The van der Waals surface area contributed by atoms with Crippen LogP contribution in [0, 0.1) is 11.3 Å². The summed E-state index contributed by atoms with van der Waals surface area (Å²) < 4.78 is 37.7. The van der Waals surface area contributed by atoms with Crippen molar-refractivity contribution in [3.05, 3.63) is 51.7 Å². The summed E-state index contributed by atoms with van der Waals surface area (Å²) in [5.74, 6) is 0. The highest BCUT2D eigenvalue weighted by atomic mass is 32.1. The maximum Gasteiger partial charge on any atom is 0.416 e. The summed E-state index contributed by atoms with van der Waals surface area (Å²) in [6, 6.07) is 8.17. The Morgan fingerprint density at radius 2 is 2.10 bits per heavy atom. The highest BCUT2D eigenvalue weighted by Gasteiger charge is 2.31. The van der Waals surface area contributed by atoms with Crippen molar-refractivity contribution in [3.8, 4) is 6.07 Å². The number of hydrogen-bond acceptors (Lipinski definition) is 4. The Hall–Kier alpha value is -2.04. The molecule has 2 aromatic rings. The molecule has 1 unspecified atom stereocenters. The quantitative estimate of drug-likeness (QED) is 0.903. The lowest BCUT2D eigenvalue weighted by atomic mass is 10.1. The second kappa shape index (κ2) is 6.16. The number of nitrogens with zero attached hydrogens (tertiary/aromatic N) is 1. The first-order valence-corrected chi connectivity index (χ1v) is 6.86. The number of halogens is 3. The first kappa shape index (κ1) is 15.4. The molecule has 0 spiro atoms. The van der Waals surface area contributed by atoms with Gasteiger partial charge in [-0.2, -0.15) is 18.4 Å². The molecule has 0 saturated heterocycles. The summed E-state index contributed by atoms with van der Waals surface area (Å²) in [4.78, 5) is 0.743. The fourth-order valence-electron chi connectivity index (χ4n) is 1.76. The Labute approximate surface area is 123 Å². The van der Waals surface area contributed by atoms with E-state index in [1.165, 1.54) is 17.4 Å². The molecule has 0 radical (unpaired) electrons. The van der Waals surface area contributed by atoms with Gasteiger partial charge in [-0.15, -0.1) is 11.3 Å². The smallest absolute Gasteiger partial charge is 0.386 e. The Bertz CT molecular complexity index is 647. The van der Waals surface area contributed by atoms with Gasteiger partial charge in [0.1, 0.15) is 12.2 Å². The van der Waals surface area contributed by atoms with E-state index < -0.39 is 17.8 Å². The zero-order chi connectivity index (χ0) is 15.5. The van der Waals surface area contributed by atoms with Crippen molar-refractivity contribution in [1.82, 2.24) is 0 Å². The van der Waals surface area contributed by atoms with Gasteiger partial charge in [0.25, 0.3) is 0 Å². The van der Waals surface area contributed by atoms with Crippen LogP contribution in [0.25, 0.3) is 0 Å². The predicted octanol–water partition coefficient (Wildman–Crippen LogP) is 3.78. The summed E-state index contributed by atoms with van der Waals surface area (Å²) in [5.41, 5.74) is -0.715. The van der Waals surface area contributed by atoms with E-state index in [0.29, 0.717) is 0 Å². The van der Waals surface area contributed by atoms with Crippen LogP contribution in [0.4, 0.5) is 18.9 Å². The summed E-state index contributed by atoms with van der Waals surface area (Å²) in [5, 5.41) is 23.5. The van der Waals surface area contributed by atoms with E-state index in [4.69, 9.17) is 5.26 Å². The maximum atomic E-state index is 12.6. The first-order chi connectivity index (χ1) is 9.91. The van der Waals surface area contributed by atoms with Crippen molar-refractivity contribution in [2.75, 3.05) is 11.9 Å². The minimum absolute atomic E-state index is 0.108. The van der Waals surface area contributed by atoms with Crippen LogP contribution in [-0.2, 0) is 6.18 Å². The molecular weight excluding hydrogens is 301 g/mol. The number of hydrogen-bond donors (Lipinski definition) is 2. The Kier molecular flexibility index (Phi) is 4.50. The normalized spacial score (nSPS) is 12.7. The van der Waals surface area contributed by atoms with Gasteiger partial charge in [0.2, 0.25) is 0 Å². The molecule has 1 atom stereocenters. The average Bonchev–Trinajstić information content (AvgIpc) is 2.97. The number of thiophene rings is 1. The van der Waals surface area contributed by atoms with Gasteiger partial charge in [-0.25, -0.2) is 0 Å². The fraction of sp³-hybridized carbons (Fsp3) is 0.214. The second-order valence-electron chi connectivity index (χ2n) is 4.28.